The zero-order chi connectivity index (χ0) is 23.1. The lowest BCUT2D eigenvalue weighted by atomic mass is 10.2. The molecule has 7 nitrogen and oxygen atoms in total. The molecule has 0 bridgehead atoms. The van der Waals surface area contributed by atoms with Crippen molar-refractivity contribution in [2.75, 3.05) is 14.2 Å². The quantitative estimate of drug-likeness (QED) is 0.474. The molecule has 3 rings (SSSR count). The van der Waals surface area contributed by atoms with Crippen molar-refractivity contribution < 1.29 is 32.0 Å². The van der Waals surface area contributed by atoms with E-state index in [9.17, 15) is 18.0 Å². The van der Waals surface area contributed by atoms with Gasteiger partial charge in [-0.3, -0.25) is 4.79 Å². The number of rotatable bonds is 9. The molecule has 1 amide bonds. The van der Waals surface area contributed by atoms with Crippen molar-refractivity contribution in [1.29, 1.82) is 0 Å². The predicted molar refractivity (Wildman–Crippen MR) is 109 cm³/mol. The summed E-state index contributed by atoms with van der Waals surface area (Å²) in [6.07, 6.45) is -3.49. The summed E-state index contributed by atoms with van der Waals surface area (Å²) >= 11 is 0. The van der Waals surface area contributed by atoms with E-state index in [2.05, 4.69) is 14.9 Å². The van der Waals surface area contributed by atoms with E-state index in [4.69, 9.17) is 9.26 Å². The number of aromatic nitrogens is 2. The van der Waals surface area contributed by atoms with Crippen LogP contribution in [0, 0.1) is 0 Å². The van der Waals surface area contributed by atoms with Gasteiger partial charge in [-0.25, -0.2) is 0 Å². The average molecular weight is 449 g/mol. The number of halogens is 3. The van der Waals surface area contributed by atoms with Gasteiger partial charge in [0.2, 0.25) is 17.6 Å². The lowest BCUT2D eigenvalue weighted by Gasteiger charge is -2.17. The Labute approximate surface area is 182 Å². The first kappa shape index (κ1) is 23.1. The van der Waals surface area contributed by atoms with Crippen molar-refractivity contribution in [2.24, 2.45) is 0 Å². The van der Waals surface area contributed by atoms with Crippen LogP contribution in [0.2, 0.25) is 0 Å². The summed E-state index contributed by atoms with van der Waals surface area (Å²) in [5.41, 5.74) is 1.49. The molecule has 170 valence electrons. The van der Waals surface area contributed by atoms with E-state index in [0.29, 0.717) is 30.1 Å². The van der Waals surface area contributed by atoms with Crippen molar-refractivity contribution in [3.8, 4) is 22.9 Å². The topological polar surface area (TPSA) is 77.7 Å². The van der Waals surface area contributed by atoms with Gasteiger partial charge in [-0.05, 0) is 48.4 Å². The van der Waals surface area contributed by atoms with Crippen LogP contribution in [-0.2, 0) is 17.8 Å². The van der Waals surface area contributed by atoms with E-state index in [-0.39, 0.29) is 24.6 Å². The number of alkyl halides is 3. The van der Waals surface area contributed by atoms with Crippen LogP contribution >= 0.6 is 0 Å². The molecule has 0 aliphatic carbocycles. The zero-order valence-corrected chi connectivity index (χ0v) is 17.6. The minimum atomic E-state index is -4.73. The third-order valence-electron chi connectivity index (χ3n) is 4.60. The van der Waals surface area contributed by atoms with Gasteiger partial charge in [0, 0.05) is 32.0 Å². The normalized spacial score (nSPS) is 11.3. The molecule has 0 atom stereocenters. The maximum atomic E-state index is 12.4. The van der Waals surface area contributed by atoms with Gasteiger partial charge < -0.3 is 18.9 Å². The van der Waals surface area contributed by atoms with Crippen LogP contribution in [0.15, 0.2) is 53.1 Å². The molecule has 0 N–H and O–H groups in total. The molecule has 0 aliphatic heterocycles. The Morgan fingerprint density at radius 2 is 1.72 bits per heavy atom. The van der Waals surface area contributed by atoms with Gasteiger partial charge in [-0.1, -0.05) is 17.3 Å². The Hall–Kier alpha value is -3.56. The Morgan fingerprint density at radius 1 is 1.06 bits per heavy atom. The lowest BCUT2D eigenvalue weighted by molar-refractivity contribution is -0.274. The van der Waals surface area contributed by atoms with Gasteiger partial charge in [-0.15, -0.1) is 13.2 Å². The average Bonchev–Trinajstić information content (AvgIpc) is 3.23. The summed E-state index contributed by atoms with van der Waals surface area (Å²) < 4.78 is 50.9. The maximum absolute atomic E-state index is 12.4. The fourth-order valence-corrected chi connectivity index (χ4v) is 2.95. The van der Waals surface area contributed by atoms with Crippen LogP contribution in [0.5, 0.6) is 11.5 Å². The first-order valence-corrected chi connectivity index (χ1v) is 9.79. The Bertz CT molecular complexity index is 1020. The third kappa shape index (κ3) is 6.73. The molecular weight excluding hydrogens is 427 g/mol. The molecule has 0 radical (unpaired) electrons. The number of methoxy groups -OCH3 is 1. The second-order valence-electron chi connectivity index (χ2n) is 7.04. The molecule has 1 heterocycles. The van der Waals surface area contributed by atoms with Crippen LogP contribution < -0.4 is 9.47 Å². The second-order valence-corrected chi connectivity index (χ2v) is 7.04. The second kappa shape index (κ2) is 10.2. The molecule has 0 aliphatic rings. The molecule has 0 saturated carbocycles. The van der Waals surface area contributed by atoms with E-state index >= 15 is 0 Å². The molecule has 0 fully saturated rings. The number of amides is 1. The number of aryl methyl sites for hydroxylation is 1. The van der Waals surface area contributed by atoms with E-state index in [1.807, 2.05) is 12.1 Å². The SMILES string of the molecule is COc1ccc(-c2noc(CCCC(=O)N(C)Cc3ccc(OC(F)(F)F)cc3)n2)cc1. The Morgan fingerprint density at radius 3 is 2.34 bits per heavy atom. The molecular formula is C22H22F3N3O4. The summed E-state index contributed by atoms with van der Waals surface area (Å²) in [4.78, 5) is 18.2. The van der Waals surface area contributed by atoms with Gasteiger partial charge in [0.15, 0.2) is 0 Å². The van der Waals surface area contributed by atoms with Gasteiger partial charge in [0.1, 0.15) is 11.5 Å². The molecule has 0 spiro atoms. The largest absolute Gasteiger partial charge is 0.573 e. The van der Waals surface area contributed by atoms with Crippen LogP contribution in [0.25, 0.3) is 11.4 Å². The van der Waals surface area contributed by atoms with Crippen LogP contribution in [-0.4, -0.2) is 41.5 Å². The smallest absolute Gasteiger partial charge is 0.497 e. The van der Waals surface area contributed by atoms with Gasteiger partial charge in [0.05, 0.1) is 7.11 Å². The minimum Gasteiger partial charge on any atom is -0.497 e. The number of nitrogens with zero attached hydrogens (tertiary/aromatic N) is 3. The lowest BCUT2D eigenvalue weighted by Crippen LogP contribution is -2.26. The van der Waals surface area contributed by atoms with Crippen molar-refractivity contribution in [1.82, 2.24) is 15.0 Å². The highest BCUT2D eigenvalue weighted by molar-refractivity contribution is 5.75. The molecule has 0 unspecified atom stereocenters. The monoisotopic (exact) mass is 449 g/mol. The zero-order valence-electron chi connectivity index (χ0n) is 17.6. The predicted octanol–water partition coefficient (Wildman–Crippen LogP) is 4.63. The summed E-state index contributed by atoms with van der Waals surface area (Å²) in [7, 11) is 3.22. The number of ether oxygens (including phenoxy) is 2. The van der Waals surface area contributed by atoms with E-state index in [0.717, 1.165) is 11.3 Å². The fraction of sp³-hybridized carbons (Fsp3) is 0.318. The van der Waals surface area contributed by atoms with Crippen LogP contribution in [0.4, 0.5) is 13.2 Å². The molecule has 10 heteroatoms. The summed E-state index contributed by atoms with van der Waals surface area (Å²) in [5, 5.41) is 3.96. The van der Waals surface area contributed by atoms with Crippen molar-refractivity contribution >= 4 is 5.91 Å². The van der Waals surface area contributed by atoms with Gasteiger partial charge in [0.25, 0.3) is 0 Å². The van der Waals surface area contributed by atoms with Crippen LogP contribution in [0.3, 0.4) is 0 Å². The highest BCUT2D eigenvalue weighted by Gasteiger charge is 2.31. The van der Waals surface area contributed by atoms with Crippen molar-refractivity contribution in [3.05, 3.63) is 60.0 Å². The highest BCUT2D eigenvalue weighted by Crippen LogP contribution is 2.23. The highest BCUT2D eigenvalue weighted by atomic mass is 19.4. The minimum absolute atomic E-state index is 0.101. The molecule has 1 aromatic heterocycles. The Balaban J connectivity index is 1.45. The number of hydrogen-bond acceptors (Lipinski definition) is 6. The number of carbonyl (C=O) groups is 1. The summed E-state index contributed by atoms with van der Waals surface area (Å²) in [6.45, 7) is 0.271. The van der Waals surface area contributed by atoms with E-state index in [1.165, 1.54) is 29.2 Å². The summed E-state index contributed by atoms with van der Waals surface area (Å²) in [5.74, 6) is 1.22. The van der Waals surface area contributed by atoms with E-state index < -0.39 is 6.36 Å². The molecule has 3 aromatic rings. The first-order chi connectivity index (χ1) is 15.2. The van der Waals surface area contributed by atoms with Gasteiger partial charge >= 0.3 is 6.36 Å². The number of carbonyl (C=O) groups excluding carboxylic acids is 1. The summed E-state index contributed by atoms with van der Waals surface area (Å²) in [6, 6.07) is 12.7. The van der Waals surface area contributed by atoms with E-state index in [1.54, 1.807) is 26.3 Å². The molecule has 0 saturated heterocycles. The maximum Gasteiger partial charge on any atom is 0.573 e. The first-order valence-electron chi connectivity index (χ1n) is 9.79. The van der Waals surface area contributed by atoms with Gasteiger partial charge in [-0.2, -0.15) is 4.98 Å². The molecule has 2 aromatic carbocycles. The fourth-order valence-electron chi connectivity index (χ4n) is 2.95. The number of benzene rings is 2. The Kier molecular flexibility index (Phi) is 7.34. The van der Waals surface area contributed by atoms with Crippen molar-refractivity contribution in [2.45, 2.75) is 32.2 Å². The standard InChI is InChI=1S/C22H22F3N3O4/c1-28(14-15-6-10-18(11-7-15)31-22(23,24)25)20(29)5-3-4-19-26-21(27-32-19)16-8-12-17(30-2)13-9-16/h6-13H,3-5,14H2,1-2H3. The number of hydrogen-bond donors (Lipinski definition) is 0. The third-order valence-corrected chi connectivity index (χ3v) is 4.60. The molecule has 32 heavy (non-hydrogen) atoms. The van der Waals surface area contributed by atoms with Crippen LogP contribution in [0.1, 0.15) is 24.3 Å². The van der Waals surface area contributed by atoms with Crippen molar-refractivity contribution in [3.63, 3.8) is 0 Å².